The van der Waals surface area contributed by atoms with Crippen molar-refractivity contribution in [3.63, 3.8) is 0 Å². The Labute approximate surface area is 147 Å². The number of carbonyl (C=O) groups excluding carboxylic acids is 2. The SMILES string of the molecule is CCCCCCC1(C(=O)[O-])CCCCC1(CCCCCC)C(=O)[O-]. The summed E-state index contributed by atoms with van der Waals surface area (Å²) in [6.45, 7) is 4.21. The average Bonchev–Trinajstić information content (AvgIpc) is 2.56. The van der Waals surface area contributed by atoms with Crippen LogP contribution in [0.5, 0.6) is 0 Å². The topological polar surface area (TPSA) is 80.3 Å². The van der Waals surface area contributed by atoms with Crippen molar-refractivity contribution >= 4 is 11.9 Å². The lowest BCUT2D eigenvalue weighted by atomic mass is 9.52. The van der Waals surface area contributed by atoms with Crippen LogP contribution in [0.25, 0.3) is 0 Å². The van der Waals surface area contributed by atoms with E-state index >= 15 is 0 Å². The first kappa shape index (κ1) is 21.0. The number of aliphatic carboxylic acids is 2. The minimum absolute atomic E-state index is 0.414. The quantitative estimate of drug-likeness (QED) is 0.512. The van der Waals surface area contributed by atoms with E-state index in [0.29, 0.717) is 25.7 Å². The van der Waals surface area contributed by atoms with E-state index in [2.05, 4.69) is 13.8 Å². The van der Waals surface area contributed by atoms with Crippen LogP contribution in [0, 0.1) is 10.8 Å². The molecule has 0 aromatic heterocycles. The predicted octanol–water partition coefficient (Wildman–Crippen LogP) is 2.97. The van der Waals surface area contributed by atoms with Crippen LogP contribution in [0.1, 0.15) is 104 Å². The van der Waals surface area contributed by atoms with Crippen LogP contribution in [0.15, 0.2) is 0 Å². The molecule has 4 nitrogen and oxygen atoms in total. The van der Waals surface area contributed by atoms with Crippen LogP contribution in [0.2, 0.25) is 0 Å². The van der Waals surface area contributed by atoms with Crippen molar-refractivity contribution in [2.45, 2.75) is 104 Å². The number of carbonyl (C=O) groups is 2. The minimum Gasteiger partial charge on any atom is -0.550 e. The van der Waals surface area contributed by atoms with Crippen molar-refractivity contribution in [1.29, 1.82) is 0 Å². The van der Waals surface area contributed by atoms with Gasteiger partial charge in [0.1, 0.15) is 0 Å². The summed E-state index contributed by atoms with van der Waals surface area (Å²) in [6.07, 6.45) is 10.9. The second kappa shape index (κ2) is 10.0. The van der Waals surface area contributed by atoms with Gasteiger partial charge in [0.15, 0.2) is 0 Å². The van der Waals surface area contributed by atoms with Gasteiger partial charge in [-0.1, -0.05) is 78.1 Å². The van der Waals surface area contributed by atoms with E-state index in [1.165, 1.54) is 0 Å². The molecule has 1 rings (SSSR count). The van der Waals surface area contributed by atoms with Gasteiger partial charge >= 0.3 is 0 Å². The summed E-state index contributed by atoms with van der Waals surface area (Å²) in [5.74, 6) is -2.34. The fraction of sp³-hybridized carbons (Fsp3) is 0.900. The molecule has 0 radical (unpaired) electrons. The third-order valence-corrected chi connectivity index (χ3v) is 6.07. The van der Waals surface area contributed by atoms with Gasteiger partial charge in [0.05, 0.1) is 0 Å². The van der Waals surface area contributed by atoms with Crippen molar-refractivity contribution in [3.05, 3.63) is 0 Å². The smallest absolute Gasteiger partial charge is 0.0485 e. The highest BCUT2D eigenvalue weighted by molar-refractivity contribution is 5.85. The summed E-state index contributed by atoms with van der Waals surface area (Å²) in [6, 6.07) is 0. The van der Waals surface area contributed by atoms with Crippen molar-refractivity contribution in [2.24, 2.45) is 10.8 Å². The van der Waals surface area contributed by atoms with Crippen LogP contribution in [-0.2, 0) is 9.59 Å². The van der Waals surface area contributed by atoms with Crippen LogP contribution in [0.3, 0.4) is 0 Å². The summed E-state index contributed by atoms with van der Waals surface area (Å²) in [7, 11) is 0. The van der Waals surface area contributed by atoms with E-state index < -0.39 is 22.8 Å². The molecule has 0 bridgehead atoms. The summed E-state index contributed by atoms with van der Waals surface area (Å²) in [5, 5.41) is 24.3. The Bertz CT molecular complexity index is 368. The van der Waals surface area contributed by atoms with Gasteiger partial charge in [0.2, 0.25) is 0 Å². The molecule has 1 saturated carbocycles. The van der Waals surface area contributed by atoms with Gasteiger partial charge in [-0.15, -0.1) is 0 Å². The lowest BCUT2D eigenvalue weighted by Crippen LogP contribution is -2.62. The number of carboxylic acids is 2. The van der Waals surface area contributed by atoms with Crippen LogP contribution in [0.4, 0.5) is 0 Å². The molecule has 1 fully saturated rings. The van der Waals surface area contributed by atoms with E-state index in [1.54, 1.807) is 0 Å². The molecule has 0 spiro atoms. The van der Waals surface area contributed by atoms with Gasteiger partial charge in [0, 0.05) is 22.8 Å². The molecule has 4 heteroatoms. The third kappa shape index (κ3) is 4.52. The van der Waals surface area contributed by atoms with Gasteiger partial charge in [-0.2, -0.15) is 0 Å². The second-order valence-corrected chi connectivity index (χ2v) is 7.57. The van der Waals surface area contributed by atoms with Crippen molar-refractivity contribution in [1.82, 2.24) is 0 Å². The second-order valence-electron chi connectivity index (χ2n) is 7.57. The molecule has 1 aliphatic rings. The van der Waals surface area contributed by atoms with E-state index in [4.69, 9.17) is 0 Å². The zero-order chi connectivity index (χ0) is 18.1. The monoisotopic (exact) mass is 338 g/mol. The number of carboxylic acid groups (broad SMARTS) is 2. The first-order valence-electron chi connectivity index (χ1n) is 9.89. The van der Waals surface area contributed by atoms with E-state index in [0.717, 1.165) is 64.2 Å². The molecular formula is C20H34O4-2. The summed E-state index contributed by atoms with van der Waals surface area (Å²) >= 11 is 0. The highest BCUT2D eigenvalue weighted by Gasteiger charge is 2.53. The Morgan fingerprint density at radius 1 is 0.708 bits per heavy atom. The van der Waals surface area contributed by atoms with Crippen molar-refractivity contribution in [3.8, 4) is 0 Å². The Kier molecular flexibility index (Phi) is 8.79. The Hall–Kier alpha value is -1.06. The molecule has 0 aromatic carbocycles. The molecule has 140 valence electrons. The van der Waals surface area contributed by atoms with Crippen LogP contribution >= 0.6 is 0 Å². The molecule has 24 heavy (non-hydrogen) atoms. The minimum atomic E-state index is -1.25. The summed E-state index contributed by atoms with van der Waals surface area (Å²) < 4.78 is 0. The number of hydrogen-bond donors (Lipinski definition) is 0. The number of hydrogen-bond acceptors (Lipinski definition) is 4. The first-order chi connectivity index (χ1) is 11.5. The summed E-state index contributed by atoms with van der Waals surface area (Å²) in [4.78, 5) is 24.3. The standard InChI is InChI=1S/C20H36O4/c1-3-5-7-9-13-19(17(21)22)15-11-12-16-20(19,18(23)24)14-10-8-6-4-2/h3-16H2,1-2H3,(H,21,22)(H,23,24)/p-2. The molecule has 1 aliphatic carbocycles. The van der Waals surface area contributed by atoms with Gasteiger partial charge in [-0.3, -0.25) is 0 Å². The van der Waals surface area contributed by atoms with E-state index in [1.807, 2.05) is 0 Å². The highest BCUT2D eigenvalue weighted by atomic mass is 16.4. The van der Waals surface area contributed by atoms with Crippen LogP contribution < -0.4 is 10.2 Å². The molecule has 2 atom stereocenters. The van der Waals surface area contributed by atoms with Gasteiger partial charge in [-0.05, 0) is 25.7 Å². The van der Waals surface area contributed by atoms with E-state index in [-0.39, 0.29) is 0 Å². The zero-order valence-electron chi connectivity index (χ0n) is 15.5. The number of unbranched alkanes of at least 4 members (excludes halogenated alkanes) is 6. The maximum Gasteiger partial charge on any atom is 0.0485 e. The Morgan fingerprint density at radius 2 is 1.08 bits per heavy atom. The van der Waals surface area contributed by atoms with Gasteiger partial charge in [0.25, 0.3) is 0 Å². The Balaban J connectivity index is 3.02. The molecule has 0 aliphatic heterocycles. The fourth-order valence-electron chi connectivity index (χ4n) is 4.57. The van der Waals surface area contributed by atoms with Crippen molar-refractivity contribution in [2.75, 3.05) is 0 Å². The molecular weight excluding hydrogens is 304 g/mol. The average molecular weight is 338 g/mol. The number of rotatable bonds is 12. The maximum absolute atomic E-state index is 12.1. The predicted molar refractivity (Wildman–Crippen MR) is 90.9 cm³/mol. The third-order valence-electron chi connectivity index (χ3n) is 6.07. The molecule has 2 unspecified atom stereocenters. The van der Waals surface area contributed by atoms with Crippen LogP contribution in [-0.4, -0.2) is 11.9 Å². The fourth-order valence-corrected chi connectivity index (χ4v) is 4.57. The lowest BCUT2D eigenvalue weighted by molar-refractivity contribution is -0.349. The maximum atomic E-state index is 12.1. The molecule has 0 heterocycles. The largest absolute Gasteiger partial charge is 0.550 e. The molecule has 0 aromatic rings. The normalized spacial score (nSPS) is 27.1. The van der Waals surface area contributed by atoms with Gasteiger partial charge in [-0.25, -0.2) is 0 Å². The Morgan fingerprint density at radius 3 is 1.38 bits per heavy atom. The molecule has 0 saturated heterocycles. The lowest BCUT2D eigenvalue weighted by Gasteiger charge is -2.55. The first-order valence-corrected chi connectivity index (χ1v) is 9.89. The molecule has 0 amide bonds. The van der Waals surface area contributed by atoms with E-state index in [9.17, 15) is 19.8 Å². The van der Waals surface area contributed by atoms with Crippen molar-refractivity contribution < 1.29 is 19.8 Å². The van der Waals surface area contributed by atoms with Gasteiger partial charge < -0.3 is 19.8 Å². The zero-order valence-corrected chi connectivity index (χ0v) is 15.5. The highest BCUT2D eigenvalue weighted by Crippen LogP contribution is 2.56. The molecule has 0 N–H and O–H groups in total. The summed E-state index contributed by atoms with van der Waals surface area (Å²) in [5.41, 5.74) is -2.49.